The lowest BCUT2D eigenvalue weighted by Gasteiger charge is -2.04. The third kappa shape index (κ3) is 7.37. The molecule has 0 aromatic carbocycles. The molecule has 0 saturated carbocycles. The Morgan fingerprint density at radius 2 is 1.25 bits per heavy atom. The number of rotatable bonds is 6. The number of esters is 2. The summed E-state index contributed by atoms with van der Waals surface area (Å²) in [7, 11) is 2.64. The van der Waals surface area contributed by atoms with E-state index in [0.29, 0.717) is 8.47 Å². The van der Waals surface area contributed by atoms with Crippen molar-refractivity contribution in [2.24, 2.45) is 0 Å². The van der Waals surface area contributed by atoms with Gasteiger partial charge in [-0.3, -0.25) is 9.59 Å². The standard InChI is InChI=1S/C8H12O4S4/c1-11-5(9)3-15-7(13)8(14)16-4-6(10)12-2/h13-14H,3-4H2,1-2H3. The summed E-state index contributed by atoms with van der Waals surface area (Å²) in [5.41, 5.74) is 0. The van der Waals surface area contributed by atoms with Gasteiger partial charge in [-0.1, -0.05) is 0 Å². The van der Waals surface area contributed by atoms with Crippen LogP contribution in [0.5, 0.6) is 0 Å². The van der Waals surface area contributed by atoms with Gasteiger partial charge in [0.2, 0.25) is 0 Å². The normalized spacial score (nSPS) is 11.8. The van der Waals surface area contributed by atoms with Gasteiger partial charge in [0.05, 0.1) is 34.2 Å². The first-order valence-electron chi connectivity index (χ1n) is 4.02. The van der Waals surface area contributed by atoms with E-state index in [4.69, 9.17) is 0 Å². The van der Waals surface area contributed by atoms with E-state index >= 15 is 0 Å². The summed E-state index contributed by atoms with van der Waals surface area (Å²) in [6.07, 6.45) is 0. The smallest absolute Gasteiger partial charge is 0.316 e. The fourth-order valence-electron chi connectivity index (χ4n) is 0.496. The van der Waals surface area contributed by atoms with Crippen LogP contribution >= 0.6 is 48.8 Å². The lowest BCUT2D eigenvalue weighted by atomic mass is 10.8. The molecule has 0 fully saturated rings. The molecule has 0 aliphatic rings. The maximum atomic E-state index is 10.8. The molecule has 0 bridgehead atoms. The van der Waals surface area contributed by atoms with Crippen molar-refractivity contribution >= 4 is 60.7 Å². The van der Waals surface area contributed by atoms with Crippen LogP contribution in [-0.2, 0) is 19.1 Å². The van der Waals surface area contributed by atoms with Crippen molar-refractivity contribution in [2.75, 3.05) is 25.7 Å². The number of carbonyl (C=O) groups excluding carboxylic acids is 2. The summed E-state index contributed by atoms with van der Waals surface area (Å²) in [4.78, 5) is 21.7. The van der Waals surface area contributed by atoms with Crippen LogP contribution in [-0.4, -0.2) is 37.7 Å². The van der Waals surface area contributed by atoms with Gasteiger partial charge in [-0.05, 0) is 0 Å². The SMILES string of the molecule is COC(=O)CSC(S)=C(S)SCC(=O)OC. The molecule has 0 aromatic rings. The number of thiol groups is 2. The first kappa shape index (κ1) is 16.1. The lowest BCUT2D eigenvalue weighted by molar-refractivity contribution is -0.138. The van der Waals surface area contributed by atoms with E-state index in [1.165, 1.54) is 37.7 Å². The number of ether oxygens (including phenoxy) is 2. The zero-order chi connectivity index (χ0) is 12.6. The van der Waals surface area contributed by atoms with E-state index in [0.717, 1.165) is 0 Å². The highest BCUT2D eigenvalue weighted by Crippen LogP contribution is 2.32. The fourth-order valence-corrected chi connectivity index (χ4v) is 2.62. The average molecular weight is 300 g/mol. The molecule has 0 heterocycles. The van der Waals surface area contributed by atoms with Crippen LogP contribution in [0.2, 0.25) is 0 Å². The van der Waals surface area contributed by atoms with Crippen LogP contribution in [0, 0.1) is 0 Å². The Bertz CT molecular complexity index is 262. The van der Waals surface area contributed by atoms with Gasteiger partial charge >= 0.3 is 11.9 Å². The predicted molar refractivity (Wildman–Crippen MR) is 73.9 cm³/mol. The topological polar surface area (TPSA) is 52.6 Å². The summed E-state index contributed by atoms with van der Waals surface area (Å²) >= 11 is 10.7. The molecular formula is C8H12O4S4. The number of hydrogen-bond acceptors (Lipinski definition) is 8. The predicted octanol–water partition coefficient (Wildman–Crippen LogP) is 1.78. The van der Waals surface area contributed by atoms with Crippen molar-refractivity contribution in [1.82, 2.24) is 0 Å². The van der Waals surface area contributed by atoms with E-state index < -0.39 is 0 Å². The summed E-state index contributed by atoms with van der Waals surface area (Å²) < 4.78 is 10.1. The summed E-state index contributed by atoms with van der Waals surface area (Å²) in [5, 5.41) is 0. The number of methoxy groups -OCH3 is 2. The van der Waals surface area contributed by atoms with Gasteiger partial charge in [-0.2, -0.15) is 0 Å². The van der Waals surface area contributed by atoms with Gasteiger partial charge in [-0.15, -0.1) is 48.8 Å². The van der Waals surface area contributed by atoms with E-state index in [-0.39, 0.29) is 23.4 Å². The van der Waals surface area contributed by atoms with Crippen molar-refractivity contribution in [3.63, 3.8) is 0 Å². The quantitative estimate of drug-likeness (QED) is 0.576. The molecule has 0 aliphatic carbocycles. The Morgan fingerprint density at radius 1 is 0.938 bits per heavy atom. The third-order valence-electron chi connectivity index (χ3n) is 1.29. The second-order valence-electron chi connectivity index (χ2n) is 2.34. The fraction of sp³-hybridized carbons (Fsp3) is 0.500. The second kappa shape index (κ2) is 9.15. The highest BCUT2D eigenvalue weighted by Gasteiger charge is 2.08. The zero-order valence-corrected chi connectivity index (χ0v) is 12.2. The summed E-state index contributed by atoms with van der Waals surface area (Å²) in [6.45, 7) is 0. The zero-order valence-electron chi connectivity index (χ0n) is 8.76. The van der Waals surface area contributed by atoms with Gasteiger partial charge in [0.1, 0.15) is 0 Å². The molecule has 0 aromatic heterocycles. The highest BCUT2D eigenvalue weighted by atomic mass is 32.2. The van der Waals surface area contributed by atoms with Crippen LogP contribution in [0.4, 0.5) is 0 Å². The summed E-state index contributed by atoms with van der Waals surface area (Å²) in [6, 6.07) is 0. The average Bonchev–Trinajstić information content (AvgIpc) is 2.31. The minimum Gasteiger partial charge on any atom is -0.468 e. The van der Waals surface area contributed by atoms with Crippen LogP contribution in [0.25, 0.3) is 0 Å². The van der Waals surface area contributed by atoms with E-state index in [1.54, 1.807) is 0 Å². The van der Waals surface area contributed by atoms with Gasteiger partial charge in [0.15, 0.2) is 0 Å². The molecule has 0 spiro atoms. The molecule has 4 nitrogen and oxygen atoms in total. The second-order valence-corrected chi connectivity index (χ2v) is 5.81. The van der Waals surface area contributed by atoms with Crippen LogP contribution in [0.15, 0.2) is 8.47 Å². The maximum Gasteiger partial charge on any atom is 0.316 e. The molecule has 92 valence electrons. The Labute approximate surface area is 114 Å². The lowest BCUT2D eigenvalue weighted by Crippen LogP contribution is -2.03. The summed E-state index contributed by atoms with van der Waals surface area (Å²) in [5.74, 6) is -0.345. The van der Waals surface area contributed by atoms with E-state index in [2.05, 4.69) is 34.7 Å². The molecule has 0 unspecified atom stereocenters. The minimum absolute atomic E-state index is 0.165. The number of hydrogen-bond donors (Lipinski definition) is 2. The van der Waals surface area contributed by atoms with Crippen LogP contribution in [0.1, 0.15) is 0 Å². The largest absolute Gasteiger partial charge is 0.468 e. The molecular weight excluding hydrogens is 288 g/mol. The molecule has 8 heteroatoms. The van der Waals surface area contributed by atoms with Crippen molar-refractivity contribution in [1.29, 1.82) is 0 Å². The van der Waals surface area contributed by atoms with Gasteiger partial charge < -0.3 is 9.47 Å². The molecule has 0 aliphatic heterocycles. The van der Waals surface area contributed by atoms with Crippen molar-refractivity contribution < 1.29 is 19.1 Å². The minimum atomic E-state index is -0.337. The van der Waals surface area contributed by atoms with Crippen molar-refractivity contribution in [3.8, 4) is 0 Å². The molecule has 0 radical (unpaired) electrons. The van der Waals surface area contributed by atoms with Crippen molar-refractivity contribution in [2.45, 2.75) is 0 Å². The van der Waals surface area contributed by atoms with Gasteiger partial charge in [0, 0.05) is 0 Å². The first-order valence-corrected chi connectivity index (χ1v) is 6.89. The molecule has 16 heavy (non-hydrogen) atoms. The van der Waals surface area contributed by atoms with E-state index in [1.807, 2.05) is 0 Å². The van der Waals surface area contributed by atoms with E-state index in [9.17, 15) is 9.59 Å². The first-order chi connectivity index (χ1) is 7.51. The Morgan fingerprint density at radius 3 is 1.50 bits per heavy atom. The molecule has 0 amide bonds. The van der Waals surface area contributed by atoms with Crippen LogP contribution in [0.3, 0.4) is 0 Å². The van der Waals surface area contributed by atoms with Crippen LogP contribution < -0.4 is 0 Å². The highest BCUT2D eigenvalue weighted by molar-refractivity contribution is 8.21. The number of carbonyl (C=O) groups is 2. The molecule has 0 atom stereocenters. The van der Waals surface area contributed by atoms with Crippen molar-refractivity contribution in [3.05, 3.63) is 8.47 Å². The monoisotopic (exact) mass is 300 g/mol. The Hall–Kier alpha value is 0.0800. The Balaban J connectivity index is 4.04. The molecule has 0 rings (SSSR count). The maximum absolute atomic E-state index is 10.8. The van der Waals surface area contributed by atoms with Gasteiger partial charge in [-0.25, -0.2) is 0 Å². The van der Waals surface area contributed by atoms with Gasteiger partial charge in [0.25, 0.3) is 0 Å². The Kier molecular flexibility index (Phi) is 9.19. The molecule has 0 saturated heterocycles. The third-order valence-corrected chi connectivity index (χ3v) is 4.84. The molecule has 0 N–H and O–H groups in total. The number of thioether (sulfide) groups is 2.